The number of hydrogen-bond donors (Lipinski definition) is 1. The molecule has 2 amide bonds. The first-order valence-corrected chi connectivity index (χ1v) is 9.73. The van der Waals surface area contributed by atoms with Crippen molar-refractivity contribution in [3.8, 4) is 0 Å². The van der Waals surface area contributed by atoms with Gasteiger partial charge in [-0.2, -0.15) is 11.8 Å². The van der Waals surface area contributed by atoms with Crippen LogP contribution in [-0.4, -0.2) is 65.8 Å². The van der Waals surface area contributed by atoms with E-state index in [4.69, 9.17) is 0 Å². The molecule has 0 spiro atoms. The summed E-state index contributed by atoms with van der Waals surface area (Å²) in [6.45, 7) is 5.62. The maximum Gasteiger partial charge on any atom is 0.238 e. The predicted octanol–water partition coefficient (Wildman–Crippen LogP) is 1.83. The van der Waals surface area contributed by atoms with Crippen molar-refractivity contribution in [2.24, 2.45) is 5.92 Å². The van der Waals surface area contributed by atoms with E-state index in [1.807, 2.05) is 47.9 Å². The Balaban J connectivity index is 1.47. The largest absolute Gasteiger partial charge is 0.341 e. The summed E-state index contributed by atoms with van der Waals surface area (Å²) < 4.78 is 0. The Morgan fingerprint density at radius 2 is 2.04 bits per heavy atom. The molecule has 3 rings (SSSR count). The predicted molar refractivity (Wildman–Crippen MR) is 98.3 cm³/mol. The number of hydrogen-bond acceptors (Lipinski definition) is 4. The zero-order valence-electron chi connectivity index (χ0n) is 14.2. The molecule has 130 valence electrons. The maximum atomic E-state index is 12.5. The van der Waals surface area contributed by atoms with Crippen LogP contribution in [0.15, 0.2) is 24.3 Å². The third-order valence-corrected chi connectivity index (χ3v) is 5.56. The van der Waals surface area contributed by atoms with Crippen molar-refractivity contribution in [2.75, 3.05) is 49.5 Å². The molecule has 2 heterocycles. The first-order chi connectivity index (χ1) is 11.6. The average molecular weight is 347 g/mol. The lowest BCUT2D eigenvalue weighted by Gasteiger charge is -2.28. The van der Waals surface area contributed by atoms with Gasteiger partial charge in [0.15, 0.2) is 0 Å². The van der Waals surface area contributed by atoms with E-state index in [0.717, 1.165) is 48.8 Å². The molecule has 2 aliphatic heterocycles. The van der Waals surface area contributed by atoms with Crippen molar-refractivity contribution in [3.05, 3.63) is 29.8 Å². The number of aryl methyl sites for hydroxylation is 1. The molecule has 1 aromatic carbocycles. The number of thioether (sulfide) groups is 1. The second-order valence-electron chi connectivity index (χ2n) is 6.58. The Hall–Kier alpha value is -1.53. The van der Waals surface area contributed by atoms with Crippen molar-refractivity contribution < 1.29 is 9.59 Å². The van der Waals surface area contributed by atoms with Gasteiger partial charge in [0.05, 0.1) is 12.5 Å². The van der Waals surface area contributed by atoms with Crippen LogP contribution in [0.3, 0.4) is 0 Å². The number of benzene rings is 1. The number of anilines is 1. The lowest BCUT2D eigenvalue weighted by molar-refractivity contribution is -0.134. The molecular weight excluding hydrogens is 322 g/mol. The Bertz CT molecular complexity index is 602. The number of nitrogens with zero attached hydrogens (tertiary/aromatic N) is 2. The summed E-state index contributed by atoms with van der Waals surface area (Å²) in [6.07, 6.45) is 0.861. The fourth-order valence-corrected chi connectivity index (χ4v) is 4.25. The second kappa shape index (κ2) is 8.03. The molecule has 2 saturated heterocycles. The van der Waals surface area contributed by atoms with Gasteiger partial charge >= 0.3 is 0 Å². The molecule has 6 heteroatoms. The fraction of sp³-hybridized carbons (Fsp3) is 0.556. The Morgan fingerprint density at radius 1 is 1.25 bits per heavy atom. The average Bonchev–Trinajstić information content (AvgIpc) is 3.03. The summed E-state index contributed by atoms with van der Waals surface area (Å²) in [5.74, 6) is 2.40. The maximum absolute atomic E-state index is 12.5. The summed E-state index contributed by atoms with van der Waals surface area (Å²) >= 11 is 1.91. The Morgan fingerprint density at radius 3 is 2.79 bits per heavy atom. The molecule has 5 nitrogen and oxygen atoms in total. The summed E-state index contributed by atoms with van der Waals surface area (Å²) in [6, 6.07) is 7.80. The van der Waals surface area contributed by atoms with Gasteiger partial charge in [-0.15, -0.1) is 0 Å². The van der Waals surface area contributed by atoms with E-state index in [2.05, 4.69) is 10.2 Å². The van der Waals surface area contributed by atoms with Gasteiger partial charge in [0.2, 0.25) is 11.8 Å². The fourth-order valence-electron chi connectivity index (χ4n) is 3.35. The van der Waals surface area contributed by atoms with Gasteiger partial charge in [-0.3, -0.25) is 14.5 Å². The highest BCUT2D eigenvalue weighted by Gasteiger charge is 2.32. The van der Waals surface area contributed by atoms with Crippen molar-refractivity contribution in [1.82, 2.24) is 9.80 Å². The number of amides is 2. The number of carbonyl (C=O) groups is 2. The van der Waals surface area contributed by atoms with E-state index in [-0.39, 0.29) is 17.7 Å². The molecule has 1 N–H and O–H groups in total. The van der Waals surface area contributed by atoms with Crippen molar-refractivity contribution in [1.29, 1.82) is 0 Å². The minimum absolute atomic E-state index is 0.0110. The molecule has 0 radical (unpaired) electrons. The molecule has 1 aromatic rings. The summed E-state index contributed by atoms with van der Waals surface area (Å²) in [5.41, 5.74) is 1.96. The quantitative estimate of drug-likeness (QED) is 0.903. The van der Waals surface area contributed by atoms with Gasteiger partial charge in [-0.25, -0.2) is 0 Å². The van der Waals surface area contributed by atoms with E-state index in [1.165, 1.54) is 0 Å². The summed E-state index contributed by atoms with van der Waals surface area (Å²) in [4.78, 5) is 28.8. The highest BCUT2D eigenvalue weighted by molar-refractivity contribution is 7.99. The molecule has 0 saturated carbocycles. The molecule has 0 aromatic heterocycles. The normalized spacial score (nSPS) is 21.7. The zero-order chi connectivity index (χ0) is 16.9. The third-order valence-electron chi connectivity index (χ3n) is 4.61. The van der Waals surface area contributed by atoms with E-state index in [1.54, 1.807) is 0 Å². The van der Waals surface area contributed by atoms with Crippen LogP contribution in [0.5, 0.6) is 0 Å². The number of likely N-dealkylation sites (tertiary alicyclic amines) is 1. The molecule has 0 bridgehead atoms. The molecule has 24 heavy (non-hydrogen) atoms. The number of rotatable bonds is 4. The van der Waals surface area contributed by atoms with E-state index in [9.17, 15) is 9.59 Å². The summed E-state index contributed by atoms with van der Waals surface area (Å²) in [7, 11) is 0. The molecule has 2 fully saturated rings. The van der Waals surface area contributed by atoms with Gasteiger partial charge < -0.3 is 10.2 Å². The van der Waals surface area contributed by atoms with Crippen LogP contribution in [-0.2, 0) is 9.59 Å². The van der Waals surface area contributed by atoms with Crippen molar-refractivity contribution >= 4 is 29.3 Å². The van der Waals surface area contributed by atoms with Gasteiger partial charge in [0, 0.05) is 36.8 Å². The van der Waals surface area contributed by atoms with Gasteiger partial charge in [0.1, 0.15) is 0 Å². The van der Waals surface area contributed by atoms with Gasteiger partial charge in [-0.05, 0) is 37.6 Å². The monoisotopic (exact) mass is 347 g/mol. The third kappa shape index (κ3) is 4.51. The van der Waals surface area contributed by atoms with E-state index in [0.29, 0.717) is 13.1 Å². The first kappa shape index (κ1) is 17.3. The second-order valence-corrected chi connectivity index (χ2v) is 7.80. The minimum Gasteiger partial charge on any atom is -0.341 e. The molecule has 1 atom stereocenters. The Kier molecular flexibility index (Phi) is 5.79. The van der Waals surface area contributed by atoms with Crippen LogP contribution in [0.1, 0.15) is 12.0 Å². The van der Waals surface area contributed by atoms with Crippen LogP contribution >= 0.6 is 11.8 Å². The highest BCUT2D eigenvalue weighted by Crippen LogP contribution is 2.21. The lowest BCUT2D eigenvalue weighted by atomic mass is 10.1. The number of carbonyl (C=O) groups excluding carboxylic acids is 2. The molecule has 1 unspecified atom stereocenters. The smallest absolute Gasteiger partial charge is 0.238 e. The lowest BCUT2D eigenvalue weighted by Crippen LogP contribution is -2.42. The van der Waals surface area contributed by atoms with Crippen molar-refractivity contribution in [3.63, 3.8) is 0 Å². The highest BCUT2D eigenvalue weighted by atomic mass is 32.2. The molecular formula is C18H25N3O2S. The summed E-state index contributed by atoms with van der Waals surface area (Å²) in [5, 5.41) is 2.94. The van der Waals surface area contributed by atoms with E-state index < -0.39 is 0 Å². The van der Waals surface area contributed by atoms with Crippen LogP contribution in [0, 0.1) is 12.8 Å². The molecule has 0 aliphatic carbocycles. The van der Waals surface area contributed by atoms with Gasteiger partial charge in [-0.1, -0.05) is 12.1 Å². The molecule has 2 aliphatic rings. The van der Waals surface area contributed by atoms with Crippen LogP contribution < -0.4 is 5.32 Å². The van der Waals surface area contributed by atoms with Crippen LogP contribution in [0.4, 0.5) is 5.69 Å². The standard InChI is InChI=1S/C18H25N3O2S/c1-14-3-2-4-16(11-14)19-17(22)13-20-6-5-15(12-20)18(23)21-7-9-24-10-8-21/h2-4,11,15H,5-10,12-13H2,1H3,(H,19,22). The van der Waals surface area contributed by atoms with Crippen LogP contribution in [0.2, 0.25) is 0 Å². The number of nitrogens with one attached hydrogen (secondary N) is 1. The zero-order valence-corrected chi connectivity index (χ0v) is 15.0. The first-order valence-electron chi connectivity index (χ1n) is 8.57. The Labute approximate surface area is 147 Å². The van der Waals surface area contributed by atoms with Crippen LogP contribution in [0.25, 0.3) is 0 Å². The van der Waals surface area contributed by atoms with Gasteiger partial charge in [0.25, 0.3) is 0 Å². The minimum atomic E-state index is -0.0110. The SMILES string of the molecule is Cc1cccc(NC(=O)CN2CCC(C(=O)N3CCSCC3)C2)c1. The van der Waals surface area contributed by atoms with Crippen molar-refractivity contribution in [2.45, 2.75) is 13.3 Å². The van der Waals surface area contributed by atoms with E-state index >= 15 is 0 Å². The topological polar surface area (TPSA) is 52.7 Å².